The summed E-state index contributed by atoms with van der Waals surface area (Å²) in [7, 11) is 0. The van der Waals surface area contributed by atoms with E-state index in [1.54, 1.807) is 5.06 Å². The average Bonchev–Trinajstić information content (AvgIpc) is 3.36. The fraction of sp³-hybridized carbons (Fsp3) is 0.286. The van der Waals surface area contributed by atoms with Gasteiger partial charge in [-0.15, -0.1) is 0 Å². The number of carbonyl (C=O) groups is 1. The Balaban J connectivity index is 1.38. The molecule has 0 unspecified atom stereocenters. The highest BCUT2D eigenvalue weighted by atomic mass is 16.7. The molecule has 0 aliphatic carbocycles. The van der Waals surface area contributed by atoms with Gasteiger partial charge in [0.05, 0.1) is 17.4 Å². The number of nitrogens with zero attached hydrogens (tertiary/aromatic N) is 2. The smallest absolute Gasteiger partial charge is 0.254 e. The van der Waals surface area contributed by atoms with E-state index in [-0.39, 0.29) is 12.1 Å². The van der Waals surface area contributed by atoms with Gasteiger partial charge < -0.3 is 9.64 Å². The molecule has 40 heavy (non-hydrogen) atoms. The highest BCUT2D eigenvalue weighted by Crippen LogP contribution is 2.62. The summed E-state index contributed by atoms with van der Waals surface area (Å²) in [5.41, 5.74) is 4.45. The SMILES string of the molecule is CC1(C)C(=O)N(OCc2ccccc2)[C@@H]2N(Cc3ccccc3)c3ccccc3[C@@]21CCOCc1ccccc1. The van der Waals surface area contributed by atoms with Crippen LogP contribution in [0.25, 0.3) is 0 Å². The molecule has 2 aliphatic rings. The molecule has 6 rings (SSSR count). The van der Waals surface area contributed by atoms with Crippen LogP contribution in [0.1, 0.15) is 42.5 Å². The number of anilines is 1. The maximum atomic E-state index is 14.3. The van der Waals surface area contributed by atoms with Gasteiger partial charge in [0.2, 0.25) is 0 Å². The molecule has 4 aromatic rings. The standard InChI is InChI=1S/C35H36N2O3/c1-34(2)33(38)37(40-26-29-18-10-5-11-19-29)32-35(34,22-23-39-25-28-16-8-4-9-17-28)30-20-12-13-21-31(30)36(32)24-27-14-6-3-7-15-27/h3-21,32H,22-26H2,1-2H3/t32-,35-/m0/s1. The minimum absolute atomic E-state index is 0.00375. The van der Waals surface area contributed by atoms with E-state index < -0.39 is 10.8 Å². The largest absolute Gasteiger partial charge is 0.377 e. The van der Waals surface area contributed by atoms with Gasteiger partial charge in [0.1, 0.15) is 12.8 Å². The third kappa shape index (κ3) is 4.49. The summed E-state index contributed by atoms with van der Waals surface area (Å²) in [5.74, 6) is 0.00375. The van der Waals surface area contributed by atoms with E-state index in [0.717, 1.165) is 16.8 Å². The van der Waals surface area contributed by atoms with Crippen molar-refractivity contribution in [2.24, 2.45) is 5.41 Å². The Kier molecular flexibility index (Phi) is 7.18. The molecule has 0 bridgehead atoms. The predicted octanol–water partition coefficient (Wildman–Crippen LogP) is 6.88. The van der Waals surface area contributed by atoms with E-state index in [4.69, 9.17) is 9.57 Å². The van der Waals surface area contributed by atoms with Crippen molar-refractivity contribution < 1.29 is 14.4 Å². The number of hydroxylamine groups is 2. The Morgan fingerprint density at radius 1 is 0.700 bits per heavy atom. The summed E-state index contributed by atoms with van der Waals surface area (Å²) in [6, 6.07) is 39.3. The van der Waals surface area contributed by atoms with Crippen LogP contribution in [0.4, 0.5) is 5.69 Å². The Bertz CT molecular complexity index is 1440. The van der Waals surface area contributed by atoms with Crippen molar-refractivity contribution >= 4 is 11.6 Å². The maximum Gasteiger partial charge on any atom is 0.254 e. The molecule has 0 N–H and O–H groups in total. The van der Waals surface area contributed by atoms with Crippen LogP contribution in [0.3, 0.4) is 0 Å². The van der Waals surface area contributed by atoms with Crippen LogP contribution >= 0.6 is 0 Å². The lowest BCUT2D eigenvalue weighted by Crippen LogP contribution is -2.52. The topological polar surface area (TPSA) is 42.0 Å². The van der Waals surface area contributed by atoms with Crippen molar-refractivity contribution in [3.8, 4) is 0 Å². The van der Waals surface area contributed by atoms with Crippen molar-refractivity contribution in [2.45, 2.75) is 51.6 Å². The molecule has 0 radical (unpaired) electrons. The summed E-state index contributed by atoms with van der Waals surface area (Å²) in [6.45, 7) is 6.23. The summed E-state index contributed by atoms with van der Waals surface area (Å²) >= 11 is 0. The number of para-hydroxylation sites is 1. The molecular formula is C35H36N2O3. The first-order valence-electron chi connectivity index (χ1n) is 14.0. The highest BCUT2D eigenvalue weighted by molar-refractivity contribution is 5.90. The Morgan fingerprint density at radius 2 is 1.25 bits per heavy atom. The number of carbonyl (C=O) groups excluding carboxylic acids is 1. The second-order valence-corrected chi connectivity index (χ2v) is 11.3. The Morgan fingerprint density at radius 3 is 1.90 bits per heavy atom. The maximum absolute atomic E-state index is 14.3. The minimum atomic E-state index is -0.716. The van der Waals surface area contributed by atoms with Crippen molar-refractivity contribution in [1.29, 1.82) is 0 Å². The second-order valence-electron chi connectivity index (χ2n) is 11.3. The van der Waals surface area contributed by atoms with Gasteiger partial charge in [0.15, 0.2) is 0 Å². The lowest BCUT2D eigenvalue weighted by Gasteiger charge is -2.41. The summed E-state index contributed by atoms with van der Waals surface area (Å²) in [5, 5.41) is 1.67. The number of ether oxygens (including phenoxy) is 1. The van der Waals surface area contributed by atoms with Crippen LogP contribution in [0.5, 0.6) is 0 Å². The minimum Gasteiger partial charge on any atom is -0.377 e. The lowest BCUT2D eigenvalue weighted by molar-refractivity contribution is -0.199. The van der Waals surface area contributed by atoms with Crippen LogP contribution in [-0.2, 0) is 39.5 Å². The van der Waals surface area contributed by atoms with Crippen LogP contribution in [0, 0.1) is 5.41 Å². The molecule has 4 aromatic carbocycles. The van der Waals surface area contributed by atoms with Gasteiger partial charge in [-0.1, -0.05) is 109 Å². The Labute approximate surface area is 236 Å². The van der Waals surface area contributed by atoms with Crippen LogP contribution in [0.2, 0.25) is 0 Å². The van der Waals surface area contributed by atoms with Crippen LogP contribution in [-0.4, -0.2) is 23.7 Å². The van der Waals surface area contributed by atoms with Crippen LogP contribution in [0.15, 0.2) is 115 Å². The number of amides is 1. The molecule has 5 nitrogen and oxygen atoms in total. The van der Waals surface area contributed by atoms with Crippen molar-refractivity contribution in [3.63, 3.8) is 0 Å². The van der Waals surface area contributed by atoms with Gasteiger partial charge >= 0.3 is 0 Å². The highest BCUT2D eigenvalue weighted by Gasteiger charge is 2.70. The molecule has 1 amide bonds. The van der Waals surface area contributed by atoms with Gasteiger partial charge in [-0.05, 0) is 48.6 Å². The molecule has 0 spiro atoms. The zero-order valence-electron chi connectivity index (χ0n) is 23.2. The molecule has 204 valence electrons. The number of rotatable bonds is 10. The third-order valence-electron chi connectivity index (χ3n) is 8.66. The predicted molar refractivity (Wildman–Crippen MR) is 157 cm³/mol. The average molecular weight is 533 g/mol. The number of benzene rings is 4. The molecule has 2 atom stereocenters. The fourth-order valence-electron chi connectivity index (χ4n) is 6.57. The van der Waals surface area contributed by atoms with E-state index in [1.165, 1.54) is 11.1 Å². The fourth-order valence-corrected chi connectivity index (χ4v) is 6.57. The first-order valence-corrected chi connectivity index (χ1v) is 14.0. The molecular weight excluding hydrogens is 496 g/mol. The van der Waals surface area contributed by atoms with Gasteiger partial charge in [-0.2, -0.15) is 5.06 Å². The molecule has 2 aliphatic heterocycles. The molecule has 2 heterocycles. The van der Waals surface area contributed by atoms with Gasteiger partial charge in [-0.3, -0.25) is 9.63 Å². The van der Waals surface area contributed by atoms with Crippen molar-refractivity contribution in [2.75, 3.05) is 11.5 Å². The number of hydrogen-bond acceptors (Lipinski definition) is 4. The van der Waals surface area contributed by atoms with E-state index in [2.05, 4.69) is 79.4 Å². The third-order valence-corrected chi connectivity index (χ3v) is 8.66. The van der Waals surface area contributed by atoms with Gasteiger partial charge in [-0.25, -0.2) is 0 Å². The first-order chi connectivity index (χ1) is 19.5. The number of hydrogen-bond donors (Lipinski definition) is 0. The number of fused-ring (bicyclic) bond motifs is 3. The summed E-state index contributed by atoms with van der Waals surface area (Å²) in [6.07, 6.45) is 0.383. The molecule has 1 fully saturated rings. The zero-order chi connectivity index (χ0) is 27.6. The molecule has 5 heteroatoms. The van der Waals surface area contributed by atoms with E-state index in [0.29, 0.717) is 32.8 Å². The lowest BCUT2D eigenvalue weighted by atomic mass is 9.61. The monoisotopic (exact) mass is 532 g/mol. The van der Waals surface area contributed by atoms with E-state index in [9.17, 15) is 4.79 Å². The van der Waals surface area contributed by atoms with E-state index >= 15 is 0 Å². The van der Waals surface area contributed by atoms with Gasteiger partial charge in [0.25, 0.3) is 5.91 Å². The first kappa shape index (κ1) is 26.3. The summed E-state index contributed by atoms with van der Waals surface area (Å²) < 4.78 is 6.26. The summed E-state index contributed by atoms with van der Waals surface area (Å²) in [4.78, 5) is 23.1. The molecule has 1 saturated heterocycles. The van der Waals surface area contributed by atoms with E-state index in [1.807, 2.05) is 54.6 Å². The van der Waals surface area contributed by atoms with Crippen LogP contribution < -0.4 is 4.90 Å². The molecule has 0 saturated carbocycles. The van der Waals surface area contributed by atoms with Crippen molar-refractivity contribution in [3.05, 3.63) is 138 Å². The normalized spacial score (nSPS) is 20.9. The van der Waals surface area contributed by atoms with Gasteiger partial charge in [0, 0.05) is 18.8 Å². The quantitative estimate of drug-likeness (QED) is 0.209. The Hall–Kier alpha value is -3.93. The second kappa shape index (κ2) is 10.9. The van der Waals surface area contributed by atoms with Crippen molar-refractivity contribution in [1.82, 2.24) is 5.06 Å². The zero-order valence-corrected chi connectivity index (χ0v) is 23.2. The molecule has 0 aromatic heterocycles.